The van der Waals surface area contributed by atoms with E-state index in [4.69, 9.17) is 9.47 Å². The highest BCUT2D eigenvalue weighted by molar-refractivity contribution is 6.07. The average Bonchev–Trinajstić information content (AvgIpc) is 2.91. The maximum Gasteiger partial charge on any atom is 0.254 e. The van der Waals surface area contributed by atoms with E-state index in [2.05, 4.69) is 5.32 Å². The molecule has 1 aliphatic rings. The van der Waals surface area contributed by atoms with Crippen LogP contribution in [0.25, 0.3) is 0 Å². The van der Waals surface area contributed by atoms with Crippen LogP contribution >= 0.6 is 0 Å². The van der Waals surface area contributed by atoms with Crippen LogP contribution in [-0.4, -0.2) is 26.0 Å². The van der Waals surface area contributed by atoms with Crippen LogP contribution in [0.3, 0.4) is 0 Å². The summed E-state index contributed by atoms with van der Waals surface area (Å²) < 4.78 is 10.7. The lowest BCUT2D eigenvalue weighted by Crippen LogP contribution is -2.36. The minimum Gasteiger partial charge on any atom is -0.493 e. The standard InChI is InChI=1S/C21H24N2O4/c1-12-6-7-13(2)20-18(12)19(22-14(3)24)21(25)23(20)11-15-8-9-16(26-4)17(10-15)27-5/h6-10,19H,11H2,1-5H3,(H,22,24). The number of nitrogens with one attached hydrogen (secondary N) is 1. The maximum atomic E-state index is 13.1. The van der Waals surface area contributed by atoms with E-state index in [-0.39, 0.29) is 11.8 Å². The fourth-order valence-corrected chi connectivity index (χ4v) is 3.59. The van der Waals surface area contributed by atoms with Crippen molar-refractivity contribution in [3.63, 3.8) is 0 Å². The van der Waals surface area contributed by atoms with Gasteiger partial charge in [0.05, 0.1) is 26.5 Å². The molecule has 3 rings (SSSR count). The quantitative estimate of drug-likeness (QED) is 0.881. The Labute approximate surface area is 159 Å². The summed E-state index contributed by atoms with van der Waals surface area (Å²) in [5.41, 5.74) is 4.63. The lowest BCUT2D eigenvalue weighted by atomic mass is 9.99. The largest absolute Gasteiger partial charge is 0.493 e. The molecule has 0 bridgehead atoms. The number of hydrogen-bond donors (Lipinski definition) is 1. The summed E-state index contributed by atoms with van der Waals surface area (Å²) in [4.78, 5) is 26.5. The van der Waals surface area contributed by atoms with Crippen molar-refractivity contribution in [1.82, 2.24) is 5.32 Å². The molecule has 6 nitrogen and oxygen atoms in total. The van der Waals surface area contributed by atoms with Gasteiger partial charge in [-0.05, 0) is 42.7 Å². The Morgan fingerprint density at radius 3 is 2.37 bits per heavy atom. The summed E-state index contributed by atoms with van der Waals surface area (Å²) in [7, 11) is 3.17. The van der Waals surface area contributed by atoms with Gasteiger partial charge in [-0.15, -0.1) is 0 Å². The normalized spacial score (nSPS) is 15.5. The summed E-state index contributed by atoms with van der Waals surface area (Å²) >= 11 is 0. The zero-order valence-corrected chi connectivity index (χ0v) is 16.3. The molecular formula is C21H24N2O4. The first kappa shape index (κ1) is 18.8. The molecule has 27 heavy (non-hydrogen) atoms. The molecule has 1 N–H and O–H groups in total. The number of aryl methyl sites for hydroxylation is 2. The molecule has 142 valence electrons. The molecule has 0 saturated carbocycles. The van der Waals surface area contributed by atoms with Crippen molar-refractivity contribution in [2.24, 2.45) is 0 Å². The van der Waals surface area contributed by atoms with Gasteiger partial charge in [0.15, 0.2) is 11.5 Å². The Bertz CT molecular complexity index is 907. The molecule has 2 amide bonds. The minimum atomic E-state index is -0.655. The van der Waals surface area contributed by atoms with Crippen LogP contribution in [0.5, 0.6) is 11.5 Å². The Hall–Kier alpha value is -3.02. The van der Waals surface area contributed by atoms with Crippen LogP contribution < -0.4 is 19.7 Å². The number of methoxy groups -OCH3 is 2. The maximum absolute atomic E-state index is 13.1. The van der Waals surface area contributed by atoms with E-state index in [0.717, 1.165) is 27.9 Å². The lowest BCUT2D eigenvalue weighted by molar-refractivity contribution is -0.126. The summed E-state index contributed by atoms with van der Waals surface area (Å²) in [6.45, 7) is 5.74. The number of fused-ring (bicyclic) bond motifs is 1. The molecule has 0 saturated heterocycles. The Balaban J connectivity index is 2.03. The molecule has 0 radical (unpaired) electrons. The van der Waals surface area contributed by atoms with Crippen LogP contribution in [0.4, 0.5) is 5.69 Å². The summed E-state index contributed by atoms with van der Waals surface area (Å²) in [6.07, 6.45) is 0. The van der Waals surface area contributed by atoms with Crippen molar-refractivity contribution in [2.45, 2.75) is 33.4 Å². The van der Waals surface area contributed by atoms with E-state index in [1.54, 1.807) is 19.1 Å². The molecule has 1 unspecified atom stereocenters. The summed E-state index contributed by atoms with van der Waals surface area (Å²) in [5, 5.41) is 2.80. The lowest BCUT2D eigenvalue weighted by Gasteiger charge is -2.20. The van der Waals surface area contributed by atoms with Crippen molar-refractivity contribution in [1.29, 1.82) is 0 Å². The number of hydrogen-bond acceptors (Lipinski definition) is 4. The van der Waals surface area contributed by atoms with Gasteiger partial charge >= 0.3 is 0 Å². The predicted molar refractivity (Wildman–Crippen MR) is 103 cm³/mol. The number of ether oxygens (including phenoxy) is 2. The van der Waals surface area contributed by atoms with Crippen molar-refractivity contribution >= 4 is 17.5 Å². The SMILES string of the molecule is COc1ccc(CN2C(=O)C(NC(C)=O)c3c(C)ccc(C)c32)cc1OC. The van der Waals surface area contributed by atoms with Crippen LogP contribution in [0, 0.1) is 13.8 Å². The van der Waals surface area contributed by atoms with Gasteiger partial charge in [0, 0.05) is 12.5 Å². The van der Waals surface area contributed by atoms with Crippen molar-refractivity contribution in [2.75, 3.05) is 19.1 Å². The fourth-order valence-electron chi connectivity index (χ4n) is 3.59. The molecule has 1 heterocycles. The van der Waals surface area contributed by atoms with Gasteiger partial charge in [0.1, 0.15) is 6.04 Å². The van der Waals surface area contributed by atoms with E-state index >= 15 is 0 Å². The first-order chi connectivity index (χ1) is 12.9. The Morgan fingerprint density at radius 1 is 1.07 bits per heavy atom. The molecule has 2 aromatic rings. The van der Waals surface area contributed by atoms with Gasteiger partial charge in [-0.1, -0.05) is 18.2 Å². The van der Waals surface area contributed by atoms with Crippen molar-refractivity contribution < 1.29 is 19.1 Å². The summed E-state index contributed by atoms with van der Waals surface area (Å²) in [5.74, 6) is 0.888. The molecule has 2 aromatic carbocycles. The minimum absolute atomic E-state index is 0.132. The fraction of sp³-hybridized carbons (Fsp3) is 0.333. The molecule has 0 spiro atoms. The second kappa shape index (κ2) is 7.31. The van der Waals surface area contributed by atoms with E-state index in [1.807, 2.05) is 44.2 Å². The van der Waals surface area contributed by atoms with Gasteiger partial charge in [-0.25, -0.2) is 0 Å². The molecule has 0 fully saturated rings. The van der Waals surface area contributed by atoms with Crippen LogP contribution in [-0.2, 0) is 16.1 Å². The van der Waals surface area contributed by atoms with E-state index in [0.29, 0.717) is 18.0 Å². The Kier molecular flexibility index (Phi) is 5.08. The summed E-state index contributed by atoms with van der Waals surface area (Å²) in [6, 6.07) is 8.92. The highest BCUT2D eigenvalue weighted by Crippen LogP contribution is 2.41. The van der Waals surface area contributed by atoms with E-state index < -0.39 is 6.04 Å². The highest BCUT2D eigenvalue weighted by Gasteiger charge is 2.39. The second-order valence-electron chi connectivity index (χ2n) is 6.71. The molecule has 6 heteroatoms. The van der Waals surface area contributed by atoms with Crippen molar-refractivity contribution in [3.05, 3.63) is 52.6 Å². The highest BCUT2D eigenvalue weighted by atomic mass is 16.5. The van der Waals surface area contributed by atoms with Gasteiger partial charge < -0.3 is 19.7 Å². The van der Waals surface area contributed by atoms with E-state index in [9.17, 15) is 9.59 Å². The van der Waals surface area contributed by atoms with Gasteiger partial charge in [0.2, 0.25) is 5.91 Å². The zero-order chi connectivity index (χ0) is 19.7. The van der Waals surface area contributed by atoms with Crippen LogP contribution in [0.1, 0.15) is 35.2 Å². The van der Waals surface area contributed by atoms with E-state index in [1.165, 1.54) is 6.92 Å². The van der Waals surface area contributed by atoms with Crippen molar-refractivity contribution in [3.8, 4) is 11.5 Å². The van der Waals surface area contributed by atoms with Gasteiger partial charge in [-0.3, -0.25) is 9.59 Å². The average molecular weight is 368 g/mol. The smallest absolute Gasteiger partial charge is 0.254 e. The number of carbonyl (C=O) groups excluding carboxylic acids is 2. The number of nitrogens with zero attached hydrogens (tertiary/aromatic N) is 1. The first-order valence-corrected chi connectivity index (χ1v) is 8.76. The third-order valence-corrected chi connectivity index (χ3v) is 4.84. The molecule has 1 atom stereocenters. The number of carbonyl (C=O) groups is 2. The third kappa shape index (κ3) is 3.35. The monoisotopic (exact) mass is 368 g/mol. The topological polar surface area (TPSA) is 67.9 Å². The first-order valence-electron chi connectivity index (χ1n) is 8.76. The Morgan fingerprint density at radius 2 is 1.74 bits per heavy atom. The van der Waals surface area contributed by atoms with Gasteiger partial charge in [0.25, 0.3) is 5.91 Å². The van der Waals surface area contributed by atoms with Gasteiger partial charge in [-0.2, -0.15) is 0 Å². The van der Waals surface area contributed by atoms with Crippen LogP contribution in [0.2, 0.25) is 0 Å². The van der Waals surface area contributed by atoms with Crippen LogP contribution in [0.15, 0.2) is 30.3 Å². The number of rotatable bonds is 5. The number of anilines is 1. The molecule has 0 aliphatic carbocycles. The number of amides is 2. The molecule has 0 aromatic heterocycles. The zero-order valence-electron chi connectivity index (χ0n) is 16.3. The third-order valence-electron chi connectivity index (χ3n) is 4.84. The molecule has 1 aliphatic heterocycles. The number of benzene rings is 2. The predicted octanol–water partition coefficient (Wildman–Crippen LogP) is 3.04. The molecular weight excluding hydrogens is 344 g/mol. The second-order valence-corrected chi connectivity index (χ2v) is 6.71.